The highest BCUT2D eigenvalue weighted by atomic mass is 35.5. The maximum absolute atomic E-state index is 12.4. The fourth-order valence-corrected chi connectivity index (χ4v) is 2.54. The van der Waals surface area contributed by atoms with Crippen LogP contribution in [0.1, 0.15) is 30.6 Å². The first kappa shape index (κ1) is 14.2. The van der Waals surface area contributed by atoms with E-state index in [9.17, 15) is 9.59 Å². The number of rotatable bonds is 3. The van der Waals surface area contributed by atoms with Crippen molar-refractivity contribution in [3.8, 4) is 0 Å². The minimum atomic E-state index is -0.197. The Balaban J connectivity index is 2.07. The molecule has 1 aliphatic rings. The topological polar surface area (TPSA) is 37.4 Å². The molecule has 1 aromatic rings. The van der Waals surface area contributed by atoms with Gasteiger partial charge in [0.1, 0.15) is 5.78 Å². The smallest absolute Gasteiger partial charge is 0.179 e. The summed E-state index contributed by atoms with van der Waals surface area (Å²) in [7, 11) is 0. The summed E-state index contributed by atoms with van der Waals surface area (Å²) in [5.41, 5.74) is 0.668. The lowest BCUT2D eigenvalue weighted by Gasteiger charge is -2.34. The number of halogens is 1. The van der Waals surface area contributed by atoms with E-state index in [1.165, 1.54) is 0 Å². The molecule has 1 aromatic carbocycles. The summed E-state index contributed by atoms with van der Waals surface area (Å²) in [5, 5.41) is 0.626. The molecule has 0 aromatic heterocycles. The molecule has 2 rings (SSSR count). The van der Waals surface area contributed by atoms with E-state index in [0.717, 1.165) is 0 Å². The van der Waals surface area contributed by atoms with E-state index in [1.54, 1.807) is 24.3 Å². The molecule has 19 heavy (non-hydrogen) atoms. The Bertz CT molecular complexity index is 483. The van der Waals surface area contributed by atoms with Crippen LogP contribution in [0.4, 0.5) is 0 Å². The summed E-state index contributed by atoms with van der Waals surface area (Å²) < 4.78 is 0. The predicted octanol–water partition coefficient (Wildman–Crippen LogP) is 2.82. The number of hydrogen-bond donors (Lipinski definition) is 0. The van der Waals surface area contributed by atoms with E-state index >= 15 is 0 Å². The molecular weight excluding hydrogens is 262 g/mol. The number of carbonyl (C=O) groups excluding carboxylic acids is 2. The molecule has 4 heteroatoms. The van der Waals surface area contributed by atoms with Crippen LogP contribution >= 0.6 is 11.6 Å². The number of likely N-dealkylation sites (tertiary alicyclic amines) is 1. The quantitative estimate of drug-likeness (QED) is 0.799. The second-order valence-corrected chi connectivity index (χ2v) is 5.60. The van der Waals surface area contributed by atoms with Gasteiger partial charge in [-0.1, -0.05) is 18.5 Å². The van der Waals surface area contributed by atoms with Crippen LogP contribution in [-0.4, -0.2) is 35.6 Å². The Hall–Kier alpha value is -1.19. The van der Waals surface area contributed by atoms with Crippen molar-refractivity contribution in [3.63, 3.8) is 0 Å². The number of piperidine rings is 1. The van der Waals surface area contributed by atoms with Crippen molar-refractivity contribution >= 4 is 23.2 Å². The van der Waals surface area contributed by atoms with E-state index < -0.39 is 0 Å². The summed E-state index contributed by atoms with van der Waals surface area (Å²) >= 11 is 5.82. The molecular formula is C15H18ClNO2. The molecule has 0 amide bonds. The number of benzene rings is 1. The van der Waals surface area contributed by atoms with Crippen LogP contribution in [0.5, 0.6) is 0 Å². The number of hydrogen-bond acceptors (Lipinski definition) is 3. The van der Waals surface area contributed by atoms with Gasteiger partial charge in [-0.15, -0.1) is 0 Å². The molecule has 1 saturated heterocycles. The van der Waals surface area contributed by atoms with E-state index in [-0.39, 0.29) is 17.7 Å². The average molecular weight is 280 g/mol. The molecule has 2 unspecified atom stereocenters. The molecule has 0 N–H and O–H groups in total. The first-order chi connectivity index (χ1) is 8.99. The minimum Gasteiger partial charge on any atom is -0.299 e. The standard InChI is InChI=1S/C15H18ClNO2/c1-10-9-17(8-7-14(10)18)11(2)15(19)12-3-5-13(16)6-4-12/h3-6,10-11H,7-9H2,1-2H3. The van der Waals surface area contributed by atoms with E-state index in [4.69, 9.17) is 11.6 Å². The Morgan fingerprint density at radius 3 is 2.58 bits per heavy atom. The lowest BCUT2D eigenvalue weighted by atomic mass is 9.95. The molecule has 0 aliphatic carbocycles. The Morgan fingerprint density at radius 2 is 2.00 bits per heavy atom. The van der Waals surface area contributed by atoms with E-state index in [1.807, 2.05) is 13.8 Å². The van der Waals surface area contributed by atoms with Crippen LogP contribution in [0.3, 0.4) is 0 Å². The zero-order valence-corrected chi connectivity index (χ0v) is 12.0. The molecule has 1 heterocycles. The Labute approximate surface area is 118 Å². The maximum atomic E-state index is 12.4. The van der Waals surface area contributed by atoms with Crippen LogP contribution in [-0.2, 0) is 4.79 Å². The van der Waals surface area contributed by atoms with Crippen molar-refractivity contribution in [1.82, 2.24) is 4.90 Å². The molecule has 102 valence electrons. The van der Waals surface area contributed by atoms with Gasteiger partial charge in [0.05, 0.1) is 6.04 Å². The summed E-state index contributed by atoms with van der Waals surface area (Å²) in [4.78, 5) is 26.0. The van der Waals surface area contributed by atoms with Crippen LogP contribution in [0, 0.1) is 5.92 Å². The lowest BCUT2D eigenvalue weighted by Crippen LogP contribution is -2.47. The minimum absolute atomic E-state index is 0.0224. The molecule has 0 bridgehead atoms. The van der Waals surface area contributed by atoms with Gasteiger partial charge in [-0.3, -0.25) is 14.5 Å². The summed E-state index contributed by atoms with van der Waals surface area (Å²) in [5.74, 6) is 0.398. The number of ketones is 2. The van der Waals surface area contributed by atoms with Crippen molar-refractivity contribution in [2.45, 2.75) is 26.3 Å². The van der Waals surface area contributed by atoms with Gasteiger partial charge in [-0.25, -0.2) is 0 Å². The van der Waals surface area contributed by atoms with Crippen molar-refractivity contribution in [3.05, 3.63) is 34.9 Å². The molecule has 3 nitrogen and oxygen atoms in total. The molecule has 2 atom stereocenters. The Morgan fingerprint density at radius 1 is 1.37 bits per heavy atom. The summed E-state index contributed by atoms with van der Waals surface area (Å²) in [6.45, 7) is 5.16. The van der Waals surface area contributed by atoms with Crippen molar-refractivity contribution in [2.24, 2.45) is 5.92 Å². The second kappa shape index (κ2) is 5.85. The molecule has 0 radical (unpaired) electrons. The molecule has 0 spiro atoms. The van der Waals surface area contributed by atoms with Gasteiger partial charge in [0.15, 0.2) is 5.78 Å². The first-order valence-corrected chi connectivity index (χ1v) is 6.93. The largest absolute Gasteiger partial charge is 0.299 e. The fraction of sp³-hybridized carbons (Fsp3) is 0.467. The highest BCUT2D eigenvalue weighted by Crippen LogP contribution is 2.18. The number of nitrogens with zero attached hydrogens (tertiary/aromatic N) is 1. The van der Waals surface area contributed by atoms with Gasteiger partial charge in [0, 0.05) is 36.0 Å². The summed E-state index contributed by atoms with van der Waals surface area (Å²) in [6, 6.07) is 6.75. The highest BCUT2D eigenvalue weighted by Gasteiger charge is 2.29. The predicted molar refractivity (Wildman–Crippen MR) is 75.6 cm³/mol. The zero-order valence-electron chi connectivity index (χ0n) is 11.2. The average Bonchev–Trinajstić information content (AvgIpc) is 2.41. The third kappa shape index (κ3) is 3.23. The van der Waals surface area contributed by atoms with Gasteiger partial charge in [0.2, 0.25) is 0 Å². The Kier molecular flexibility index (Phi) is 4.38. The number of Topliss-reactive ketones (excluding diaryl/α,β-unsaturated/α-hetero) is 2. The van der Waals surface area contributed by atoms with Crippen LogP contribution in [0.15, 0.2) is 24.3 Å². The third-order valence-electron chi connectivity index (χ3n) is 3.76. The van der Waals surface area contributed by atoms with Crippen molar-refractivity contribution in [1.29, 1.82) is 0 Å². The van der Waals surface area contributed by atoms with Gasteiger partial charge in [-0.05, 0) is 31.2 Å². The van der Waals surface area contributed by atoms with E-state index in [2.05, 4.69) is 4.90 Å². The van der Waals surface area contributed by atoms with Crippen LogP contribution in [0.2, 0.25) is 5.02 Å². The zero-order chi connectivity index (χ0) is 14.0. The summed E-state index contributed by atoms with van der Waals surface area (Å²) in [6.07, 6.45) is 0.541. The van der Waals surface area contributed by atoms with Crippen LogP contribution < -0.4 is 0 Å². The fourth-order valence-electron chi connectivity index (χ4n) is 2.42. The lowest BCUT2D eigenvalue weighted by molar-refractivity contribution is -0.125. The number of carbonyl (C=O) groups is 2. The monoisotopic (exact) mass is 279 g/mol. The molecule has 1 fully saturated rings. The molecule has 0 saturated carbocycles. The van der Waals surface area contributed by atoms with Crippen molar-refractivity contribution < 1.29 is 9.59 Å². The highest BCUT2D eigenvalue weighted by molar-refractivity contribution is 6.30. The maximum Gasteiger partial charge on any atom is 0.179 e. The van der Waals surface area contributed by atoms with Crippen molar-refractivity contribution in [2.75, 3.05) is 13.1 Å². The van der Waals surface area contributed by atoms with Gasteiger partial charge < -0.3 is 0 Å². The third-order valence-corrected chi connectivity index (χ3v) is 4.01. The second-order valence-electron chi connectivity index (χ2n) is 5.16. The van der Waals surface area contributed by atoms with Gasteiger partial charge >= 0.3 is 0 Å². The van der Waals surface area contributed by atoms with Gasteiger partial charge in [0.25, 0.3) is 0 Å². The SMILES string of the molecule is CC1CN(C(C)C(=O)c2ccc(Cl)cc2)CCC1=O. The first-order valence-electron chi connectivity index (χ1n) is 6.55. The van der Waals surface area contributed by atoms with Crippen LogP contribution in [0.25, 0.3) is 0 Å². The van der Waals surface area contributed by atoms with E-state index in [0.29, 0.717) is 35.9 Å². The van der Waals surface area contributed by atoms with Gasteiger partial charge in [-0.2, -0.15) is 0 Å². The molecule has 1 aliphatic heterocycles. The normalized spacial score (nSPS) is 22.3.